The van der Waals surface area contributed by atoms with Crippen LogP contribution in [0.5, 0.6) is 0 Å². The monoisotopic (exact) mass is 345 g/mol. The summed E-state index contributed by atoms with van der Waals surface area (Å²) in [4.78, 5) is 14.9. The van der Waals surface area contributed by atoms with Gasteiger partial charge in [-0.25, -0.2) is 0 Å². The van der Waals surface area contributed by atoms with E-state index in [4.69, 9.17) is 9.52 Å². The number of fused-ring (bicyclic) bond motifs is 3. The molecule has 3 aliphatic rings. The van der Waals surface area contributed by atoms with Crippen molar-refractivity contribution >= 4 is 5.91 Å². The topological polar surface area (TPSA) is 96.4 Å². The van der Waals surface area contributed by atoms with E-state index in [1.807, 2.05) is 12.1 Å². The third-order valence-electron chi connectivity index (χ3n) is 5.38. The zero-order valence-electron chi connectivity index (χ0n) is 14.0. The van der Waals surface area contributed by atoms with Crippen molar-refractivity contribution in [3.63, 3.8) is 0 Å². The summed E-state index contributed by atoms with van der Waals surface area (Å²) in [5.74, 6) is 1.35. The molecule has 8 heteroatoms. The predicted octanol–water partition coefficient (Wildman–Crippen LogP) is 0.390. The number of carbonyl (C=O) groups excluding carboxylic acids is 1. The second-order valence-corrected chi connectivity index (χ2v) is 6.93. The highest BCUT2D eigenvalue weighted by atomic mass is 16.3. The van der Waals surface area contributed by atoms with Gasteiger partial charge in [0.2, 0.25) is 5.91 Å². The third-order valence-corrected chi connectivity index (χ3v) is 5.38. The fraction of sp³-hybridized carbons (Fsp3) is 0.588. The highest BCUT2D eigenvalue weighted by Crippen LogP contribution is 2.36. The van der Waals surface area contributed by atoms with E-state index in [1.165, 1.54) is 0 Å². The Labute approximate surface area is 145 Å². The van der Waals surface area contributed by atoms with Crippen LogP contribution in [0.3, 0.4) is 0 Å². The van der Waals surface area contributed by atoms with Crippen LogP contribution in [0.1, 0.15) is 24.3 Å². The van der Waals surface area contributed by atoms with Gasteiger partial charge in [0.05, 0.1) is 38.1 Å². The lowest BCUT2D eigenvalue weighted by Crippen LogP contribution is -2.57. The molecule has 0 aliphatic carbocycles. The van der Waals surface area contributed by atoms with Crippen molar-refractivity contribution in [1.29, 1.82) is 0 Å². The summed E-state index contributed by atoms with van der Waals surface area (Å²) in [6, 6.07) is 4.07. The van der Waals surface area contributed by atoms with Crippen molar-refractivity contribution in [2.75, 3.05) is 13.1 Å². The van der Waals surface area contributed by atoms with Crippen LogP contribution in [0.15, 0.2) is 29.0 Å². The van der Waals surface area contributed by atoms with Crippen LogP contribution in [0.25, 0.3) is 0 Å². The van der Waals surface area contributed by atoms with Gasteiger partial charge in [-0.1, -0.05) is 5.21 Å². The van der Waals surface area contributed by atoms with E-state index in [1.54, 1.807) is 17.1 Å². The molecule has 25 heavy (non-hydrogen) atoms. The molecule has 2 N–H and O–H groups in total. The summed E-state index contributed by atoms with van der Waals surface area (Å²) in [5, 5.41) is 20.1. The normalized spacial score (nSPS) is 28.2. The highest BCUT2D eigenvalue weighted by Gasteiger charge is 2.43. The van der Waals surface area contributed by atoms with Gasteiger partial charge in [-0.15, -0.1) is 5.10 Å². The standard InChI is InChI=1S/C17H23N5O3/c23-11-13-8-22(20-19-13)9-14-6-12-3-4-21(14)10-16(12)17(24)18-7-15-2-1-5-25-15/h1-2,5,8,12,14,16,23H,3-4,6-7,9-11H2,(H,18,24)/t12-,14-,16-/m1/s1. The van der Waals surface area contributed by atoms with Crippen LogP contribution >= 0.6 is 0 Å². The van der Waals surface area contributed by atoms with E-state index in [0.29, 0.717) is 24.2 Å². The molecule has 0 spiro atoms. The van der Waals surface area contributed by atoms with E-state index in [0.717, 1.165) is 38.2 Å². The van der Waals surface area contributed by atoms with Gasteiger partial charge >= 0.3 is 0 Å². The van der Waals surface area contributed by atoms with Crippen LogP contribution < -0.4 is 5.32 Å². The van der Waals surface area contributed by atoms with E-state index < -0.39 is 0 Å². The number of aliphatic hydroxyl groups is 1. The minimum atomic E-state index is -0.0884. The molecule has 134 valence electrons. The Morgan fingerprint density at radius 3 is 3.08 bits per heavy atom. The summed E-state index contributed by atoms with van der Waals surface area (Å²) in [7, 11) is 0. The number of aromatic nitrogens is 3. The molecule has 3 fully saturated rings. The Morgan fingerprint density at radius 1 is 1.48 bits per heavy atom. The molecule has 4 atom stereocenters. The molecular weight excluding hydrogens is 322 g/mol. The summed E-state index contributed by atoms with van der Waals surface area (Å²) in [6.07, 6.45) is 5.46. The van der Waals surface area contributed by atoms with Crippen molar-refractivity contribution in [1.82, 2.24) is 25.2 Å². The van der Waals surface area contributed by atoms with Gasteiger partial charge in [0.1, 0.15) is 11.5 Å². The number of hydrogen-bond acceptors (Lipinski definition) is 6. The zero-order valence-corrected chi connectivity index (χ0v) is 14.0. The van der Waals surface area contributed by atoms with Crippen molar-refractivity contribution < 1.29 is 14.3 Å². The Balaban J connectivity index is 1.34. The molecule has 5 heterocycles. The second-order valence-electron chi connectivity index (χ2n) is 6.93. The fourth-order valence-electron chi connectivity index (χ4n) is 4.06. The predicted molar refractivity (Wildman–Crippen MR) is 88.1 cm³/mol. The molecule has 2 aromatic rings. The van der Waals surface area contributed by atoms with Crippen LogP contribution in [-0.2, 0) is 24.5 Å². The quantitative estimate of drug-likeness (QED) is 0.786. The average Bonchev–Trinajstić information content (AvgIpc) is 3.32. The van der Waals surface area contributed by atoms with Gasteiger partial charge in [0.15, 0.2) is 0 Å². The number of nitrogens with zero attached hydrogens (tertiary/aromatic N) is 4. The van der Waals surface area contributed by atoms with Gasteiger partial charge in [0.25, 0.3) is 0 Å². The van der Waals surface area contributed by atoms with Gasteiger partial charge in [-0.2, -0.15) is 0 Å². The Morgan fingerprint density at radius 2 is 2.40 bits per heavy atom. The lowest BCUT2D eigenvalue weighted by molar-refractivity contribution is -0.133. The lowest BCUT2D eigenvalue weighted by Gasteiger charge is -2.49. The van der Waals surface area contributed by atoms with Gasteiger partial charge in [-0.05, 0) is 37.4 Å². The molecular formula is C17H23N5O3. The summed E-state index contributed by atoms with van der Waals surface area (Å²) < 4.78 is 7.06. The molecule has 3 saturated heterocycles. The van der Waals surface area contributed by atoms with Crippen LogP contribution in [0, 0.1) is 11.8 Å². The van der Waals surface area contributed by atoms with Crippen LogP contribution in [0.4, 0.5) is 0 Å². The fourth-order valence-corrected chi connectivity index (χ4v) is 4.06. The molecule has 2 bridgehead atoms. The van der Waals surface area contributed by atoms with Crippen LogP contribution in [0.2, 0.25) is 0 Å². The number of furan rings is 1. The van der Waals surface area contributed by atoms with Crippen LogP contribution in [-0.4, -0.2) is 50.0 Å². The SMILES string of the molecule is O=C(NCc1ccco1)[C@@H]1CN2CC[C@@H]1C[C@@H]2Cn1cc(CO)nn1. The molecule has 3 aliphatic heterocycles. The highest BCUT2D eigenvalue weighted by molar-refractivity contribution is 5.79. The molecule has 0 aromatic carbocycles. The van der Waals surface area contributed by atoms with E-state index in [-0.39, 0.29) is 18.4 Å². The zero-order chi connectivity index (χ0) is 17.2. The number of rotatable bonds is 6. The first-order chi connectivity index (χ1) is 12.2. The van der Waals surface area contributed by atoms with E-state index >= 15 is 0 Å². The first kappa shape index (κ1) is 16.3. The maximum Gasteiger partial charge on any atom is 0.225 e. The molecule has 2 aromatic heterocycles. The number of aliphatic hydroxyl groups excluding tert-OH is 1. The van der Waals surface area contributed by atoms with Crippen molar-refractivity contribution in [3.05, 3.63) is 36.0 Å². The number of hydrogen-bond donors (Lipinski definition) is 2. The minimum Gasteiger partial charge on any atom is -0.467 e. The molecule has 8 nitrogen and oxygen atoms in total. The Hall–Kier alpha value is -2.19. The molecule has 0 saturated carbocycles. The number of carbonyl (C=O) groups is 1. The van der Waals surface area contributed by atoms with Gasteiger partial charge < -0.3 is 14.8 Å². The Kier molecular flexibility index (Phi) is 4.54. The maximum atomic E-state index is 12.6. The van der Waals surface area contributed by atoms with Crippen molar-refractivity contribution in [3.8, 4) is 0 Å². The van der Waals surface area contributed by atoms with E-state index in [9.17, 15) is 4.79 Å². The average molecular weight is 345 g/mol. The summed E-state index contributed by atoms with van der Waals surface area (Å²) >= 11 is 0. The largest absolute Gasteiger partial charge is 0.467 e. The molecule has 1 amide bonds. The third kappa shape index (κ3) is 3.45. The maximum absolute atomic E-state index is 12.6. The summed E-state index contributed by atoms with van der Waals surface area (Å²) in [6.45, 7) is 2.93. The smallest absolute Gasteiger partial charge is 0.225 e. The number of amides is 1. The van der Waals surface area contributed by atoms with Crippen molar-refractivity contribution in [2.24, 2.45) is 11.8 Å². The lowest BCUT2D eigenvalue weighted by atomic mass is 9.75. The summed E-state index contributed by atoms with van der Waals surface area (Å²) in [5.41, 5.74) is 0.589. The molecule has 5 rings (SSSR count). The first-order valence-electron chi connectivity index (χ1n) is 8.77. The molecule has 0 radical (unpaired) electrons. The number of piperidine rings is 3. The minimum absolute atomic E-state index is 0.0451. The number of nitrogens with one attached hydrogen (secondary N) is 1. The molecule has 1 unspecified atom stereocenters. The Bertz CT molecular complexity index is 714. The first-order valence-corrected chi connectivity index (χ1v) is 8.77. The van der Waals surface area contributed by atoms with Gasteiger partial charge in [-0.3, -0.25) is 14.4 Å². The second kappa shape index (κ2) is 6.97. The van der Waals surface area contributed by atoms with Crippen molar-refractivity contribution in [2.45, 2.75) is 38.6 Å². The van der Waals surface area contributed by atoms with Gasteiger partial charge in [0, 0.05) is 12.6 Å². The van der Waals surface area contributed by atoms with E-state index in [2.05, 4.69) is 20.5 Å².